The van der Waals surface area contributed by atoms with Gasteiger partial charge in [0.1, 0.15) is 5.75 Å². The first-order valence-corrected chi connectivity index (χ1v) is 9.56. The summed E-state index contributed by atoms with van der Waals surface area (Å²) in [5.74, 6) is 1.69. The van der Waals surface area contributed by atoms with Crippen molar-refractivity contribution in [2.45, 2.75) is 33.5 Å². The molecule has 0 radical (unpaired) electrons. The Hall–Kier alpha value is -1.80. The van der Waals surface area contributed by atoms with E-state index >= 15 is 0 Å². The molecule has 0 aliphatic heterocycles. The molecule has 0 amide bonds. The van der Waals surface area contributed by atoms with Crippen molar-refractivity contribution in [1.82, 2.24) is 15.5 Å². The van der Waals surface area contributed by atoms with Gasteiger partial charge in [-0.05, 0) is 49.3 Å². The summed E-state index contributed by atoms with van der Waals surface area (Å²) in [4.78, 5) is 7.02. The average Bonchev–Trinajstić information content (AvgIpc) is 2.70. The maximum atomic E-state index is 5.20. The molecule has 2 aromatic carbocycles. The number of nitrogens with zero attached hydrogens (tertiary/aromatic N) is 2. The van der Waals surface area contributed by atoms with Gasteiger partial charge in [-0.3, -0.25) is 0 Å². The van der Waals surface area contributed by atoms with Crippen LogP contribution < -0.4 is 15.4 Å². The van der Waals surface area contributed by atoms with E-state index in [2.05, 4.69) is 72.8 Å². The van der Waals surface area contributed by atoms with E-state index in [0.29, 0.717) is 6.54 Å². The van der Waals surface area contributed by atoms with Crippen molar-refractivity contribution in [3.63, 3.8) is 0 Å². The number of nitrogens with one attached hydrogen (secondary N) is 2. The Balaban J connectivity index is 0.00000392. The Bertz CT molecular complexity index is 719. The van der Waals surface area contributed by atoms with Crippen LogP contribution in [-0.2, 0) is 19.6 Å². The standard InChI is InChI=1S/C22H32N4O.HI/c1-5-23-22(24-15-18-10-12-21(27-4)13-11-18)25-16-19-8-7-9-20(14-19)17-26(3)6-2;/h7-14H,5-6,15-17H2,1-4H3,(H2,23,24,25);1H. The lowest BCUT2D eigenvalue weighted by atomic mass is 10.1. The van der Waals surface area contributed by atoms with E-state index in [0.717, 1.165) is 37.9 Å². The summed E-state index contributed by atoms with van der Waals surface area (Å²) < 4.78 is 5.20. The highest BCUT2D eigenvalue weighted by atomic mass is 127. The lowest BCUT2D eigenvalue weighted by Gasteiger charge is -2.14. The number of benzene rings is 2. The van der Waals surface area contributed by atoms with Crippen molar-refractivity contribution < 1.29 is 4.74 Å². The van der Waals surface area contributed by atoms with Gasteiger partial charge in [0.05, 0.1) is 13.7 Å². The van der Waals surface area contributed by atoms with E-state index in [9.17, 15) is 0 Å². The van der Waals surface area contributed by atoms with Crippen LogP contribution >= 0.6 is 24.0 Å². The molecular weight excluding hydrogens is 463 g/mol. The van der Waals surface area contributed by atoms with Gasteiger partial charge in [-0.1, -0.05) is 43.3 Å². The lowest BCUT2D eigenvalue weighted by molar-refractivity contribution is 0.345. The van der Waals surface area contributed by atoms with Gasteiger partial charge in [-0.2, -0.15) is 0 Å². The summed E-state index contributed by atoms with van der Waals surface area (Å²) in [6.07, 6.45) is 0. The summed E-state index contributed by atoms with van der Waals surface area (Å²) in [5, 5.41) is 6.70. The second kappa shape index (κ2) is 13.4. The zero-order valence-corrected chi connectivity index (χ0v) is 19.7. The number of aliphatic imine (C=N–C) groups is 1. The fourth-order valence-electron chi connectivity index (χ4n) is 2.69. The monoisotopic (exact) mass is 496 g/mol. The molecule has 0 heterocycles. The second-order valence-corrected chi connectivity index (χ2v) is 6.55. The highest BCUT2D eigenvalue weighted by Gasteiger charge is 2.02. The molecule has 0 bridgehead atoms. The maximum Gasteiger partial charge on any atom is 0.191 e. The van der Waals surface area contributed by atoms with E-state index < -0.39 is 0 Å². The summed E-state index contributed by atoms with van der Waals surface area (Å²) in [6, 6.07) is 16.7. The van der Waals surface area contributed by atoms with Crippen LogP contribution in [0.5, 0.6) is 5.75 Å². The largest absolute Gasteiger partial charge is 0.497 e. The maximum absolute atomic E-state index is 5.20. The van der Waals surface area contributed by atoms with Crippen LogP contribution in [0.3, 0.4) is 0 Å². The predicted octanol–water partition coefficient (Wildman–Crippen LogP) is 4.02. The molecule has 0 fully saturated rings. The molecule has 0 aliphatic carbocycles. The third-order valence-electron chi connectivity index (χ3n) is 4.37. The summed E-state index contributed by atoms with van der Waals surface area (Å²) >= 11 is 0. The lowest BCUT2D eigenvalue weighted by Crippen LogP contribution is -2.36. The third-order valence-corrected chi connectivity index (χ3v) is 4.37. The van der Waals surface area contributed by atoms with Crippen LogP contribution in [0.15, 0.2) is 53.5 Å². The molecule has 28 heavy (non-hydrogen) atoms. The van der Waals surface area contributed by atoms with Gasteiger partial charge >= 0.3 is 0 Å². The summed E-state index contributed by atoms with van der Waals surface area (Å²) in [6.45, 7) is 8.46. The van der Waals surface area contributed by atoms with Crippen molar-refractivity contribution >= 4 is 29.9 Å². The SMILES string of the molecule is CCNC(=NCc1cccc(CN(C)CC)c1)NCc1ccc(OC)cc1.I. The van der Waals surface area contributed by atoms with Crippen LogP contribution in [0, 0.1) is 0 Å². The van der Waals surface area contributed by atoms with Gasteiger partial charge in [0, 0.05) is 19.6 Å². The molecule has 5 nitrogen and oxygen atoms in total. The van der Waals surface area contributed by atoms with Crippen molar-refractivity contribution in [3.05, 3.63) is 65.2 Å². The minimum Gasteiger partial charge on any atom is -0.497 e. The van der Waals surface area contributed by atoms with Gasteiger partial charge in [-0.15, -0.1) is 24.0 Å². The van der Waals surface area contributed by atoms with Gasteiger partial charge in [0.2, 0.25) is 0 Å². The number of ether oxygens (including phenoxy) is 1. The Morgan fingerprint density at radius 2 is 1.71 bits per heavy atom. The van der Waals surface area contributed by atoms with Crippen LogP contribution in [0.2, 0.25) is 0 Å². The molecule has 154 valence electrons. The van der Waals surface area contributed by atoms with Crippen LogP contribution in [0.4, 0.5) is 0 Å². The van der Waals surface area contributed by atoms with Crippen LogP contribution in [0.25, 0.3) is 0 Å². The first kappa shape index (κ1) is 24.2. The first-order chi connectivity index (χ1) is 13.1. The normalized spacial score (nSPS) is 11.1. The third kappa shape index (κ3) is 8.48. The second-order valence-electron chi connectivity index (χ2n) is 6.55. The zero-order chi connectivity index (χ0) is 19.5. The quantitative estimate of drug-likeness (QED) is 0.313. The Morgan fingerprint density at radius 3 is 2.36 bits per heavy atom. The molecule has 2 aromatic rings. The van der Waals surface area contributed by atoms with E-state index in [4.69, 9.17) is 9.73 Å². The molecule has 6 heteroatoms. The Kier molecular flexibility index (Phi) is 11.6. The zero-order valence-electron chi connectivity index (χ0n) is 17.4. The van der Waals surface area contributed by atoms with E-state index in [1.165, 1.54) is 16.7 Å². The van der Waals surface area contributed by atoms with Gasteiger partial charge in [-0.25, -0.2) is 4.99 Å². The predicted molar refractivity (Wildman–Crippen MR) is 129 cm³/mol. The van der Waals surface area contributed by atoms with Crippen molar-refractivity contribution in [2.24, 2.45) is 4.99 Å². The number of rotatable bonds is 9. The fourth-order valence-corrected chi connectivity index (χ4v) is 2.69. The van der Waals surface area contributed by atoms with Crippen LogP contribution in [0.1, 0.15) is 30.5 Å². The number of methoxy groups -OCH3 is 1. The highest BCUT2D eigenvalue weighted by molar-refractivity contribution is 14.0. The first-order valence-electron chi connectivity index (χ1n) is 9.56. The van der Waals surface area contributed by atoms with Gasteiger partial charge < -0.3 is 20.3 Å². The minimum atomic E-state index is 0. The van der Waals surface area contributed by atoms with E-state index in [1.807, 2.05) is 12.1 Å². The van der Waals surface area contributed by atoms with Crippen molar-refractivity contribution in [1.29, 1.82) is 0 Å². The molecular formula is C22H33IN4O. The number of guanidine groups is 1. The molecule has 0 spiro atoms. The molecule has 2 N–H and O–H groups in total. The fraction of sp³-hybridized carbons (Fsp3) is 0.409. The number of hydrogen-bond donors (Lipinski definition) is 2. The molecule has 0 saturated carbocycles. The smallest absolute Gasteiger partial charge is 0.191 e. The van der Waals surface area contributed by atoms with E-state index in [1.54, 1.807) is 7.11 Å². The molecule has 0 aliphatic rings. The molecule has 0 aromatic heterocycles. The highest BCUT2D eigenvalue weighted by Crippen LogP contribution is 2.11. The number of hydrogen-bond acceptors (Lipinski definition) is 3. The Labute approximate surface area is 186 Å². The van der Waals surface area contributed by atoms with Crippen LogP contribution in [-0.4, -0.2) is 38.1 Å². The van der Waals surface area contributed by atoms with Crippen molar-refractivity contribution in [2.75, 3.05) is 27.2 Å². The number of halogens is 1. The topological polar surface area (TPSA) is 48.9 Å². The van der Waals surface area contributed by atoms with Crippen molar-refractivity contribution in [3.8, 4) is 5.75 Å². The Morgan fingerprint density at radius 1 is 1.00 bits per heavy atom. The molecule has 0 unspecified atom stereocenters. The van der Waals surface area contributed by atoms with Gasteiger partial charge in [0.15, 0.2) is 5.96 Å². The molecule has 0 saturated heterocycles. The molecule has 2 rings (SSSR count). The summed E-state index contributed by atoms with van der Waals surface area (Å²) in [7, 11) is 3.82. The summed E-state index contributed by atoms with van der Waals surface area (Å²) in [5.41, 5.74) is 3.73. The molecule has 0 atom stereocenters. The van der Waals surface area contributed by atoms with Gasteiger partial charge in [0.25, 0.3) is 0 Å². The minimum absolute atomic E-state index is 0. The van der Waals surface area contributed by atoms with E-state index in [-0.39, 0.29) is 24.0 Å². The average molecular weight is 496 g/mol.